The number of rotatable bonds is 4. The van der Waals surface area contributed by atoms with Crippen LogP contribution in [-0.4, -0.2) is 33.6 Å². The fourth-order valence-electron chi connectivity index (χ4n) is 3.23. The average Bonchev–Trinajstić information content (AvgIpc) is 3.18. The molecule has 0 radical (unpaired) electrons. The van der Waals surface area contributed by atoms with Crippen molar-refractivity contribution in [2.45, 2.75) is 39.2 Å². The summed E-state index contributed by atoms with van der Waals surface area (Å²) in [7, 11) is 0. The summed E-state index contributed by atoms with van der Waals surface area (Å²) in [6, 6.07) is 5.96. The van der Waals surface area contributed by atoms with Crippen LogP contribution in [0.4, 0.5) is 14.9 Å². The lowest BCUT2D eigenvalue weighted by Crippen LogP contribution is -2.33. The van der Waals surface area contributed by atoms with Gasteiger partial charge in [-0.1, -0.05) is 19.1 Å². The van der Waals surface area contributed by atoms with Crippen molar-refractivity contribution in [2.75, 3.05) is 18.4 Å². The first-order chi connectivity index (χ1) is 11.6. The molecule has 5 nitrogen and oxygen atoms in total. The Morgan fingerprint density at radius 1 is 1.42 bits per heavy atom. The van der Waals surface area contributed by atoms with E-state index in [0.717, 1.165) is 30.9 Å². The number of hydrogen-bond donors (Lipinski definition) is 1. The molecule has 0 spiro atoms. The summed E-state index contributed by atoms with van der Waals surface area (Å²) in [4.78, 5) is 18.7. The molecule has 1 unspecified atom stereocenters. The van der Waals surface area contributed by atoms with E-state index in [9.17, 15) is 9.18 Å². The molecule has 1 saturated heterocycles. The number of hydrogen-bond acceptors (Lipinski definition) is 2. The van der Waals surface area contributed by atoms with Gasteiger partial charge in [0, 0.05) is 37.4 Å². The van der Waals surface area contributed by atoms with E-state index >= 15 is 0 Å². The van der Waals surface area contributed by atoms with Crippen LogP contribution in [-0.2, 0) is 6.54 Å². The van der Waals surface area contributed by atoms with E-state index in [1.165, 1.54) is 6.07 Å². The Bertz CT molecular complexity index is 728. The molecular formula is C18H23FN4O. The molecule has 24 heavy (non-hydrogen) atoms. The summed E-state index contributed by atoms with van der Waals surface area (Å²) >= 11 is 0. The number of nitrogens with one attached hydrogen (secondary N) is 1. The second kappa shape index (κ2) is 7.03. The van der Waals surface area contributed by atoms with Crippen LogP contribution in [0, 0.1) is 12.7 Å². The molecule has 1 fully saturated rings. The first-order valence-electron chi connectivity index (χ1n) is 8.42. The number of urea groups is 1. The van der Waals surface area contributed by atoms with Gasteiger partial charge in [0.1, 0.15) is 11.6 Å². The maximum absolute atomic E-state index is 13.7. The highest BCUT2D eigenvalue weighted by atomic mass is 19.1. The Balaban J connectivity index is 1.67. The van der Waals surface area contributed by atoms with Gasteiger partial charge in [0.2, 0.25) is 0 Å². The van der Waals surface area contributed by atoms with Gasteiger partial charge in [-0.2, -0.15) is 0 Å². The Hall–Kier alpha value is -2.37. The smallest absolute Gasteiger partial charge is 0.321 e. The maximum atomic E-state index is 13.7. The highest BCUT2D eigenvalue weighted by Crippen LogP contribution is 2.28. The third-order valence-electron chi connectivity index (χ3n) is 4.49. The Kier molecular flexibility index (Phi) is 4.83. The number of amides is 2. The second-order valence-corrected chi connectivity index (χ2v) is 6.25. The Labute approximate surface area is 141 Å². The number of halogens is 1. The fraction of sp³-hybridized carbons (Fsp3) is 0.444. The minimum Gasteiger partial charge on any atom is -0.332 e. The quantitative estimate of drug-likeness (QED) is 0.928. The van der Waals surface area contributed by atoms with Gasteiger partial charge in [-0.3, -0.25) is 0 Å². The van der Waals surface area contributed by atoms with Crippen molar-refractivity contribution in [3.63, 3.8) is 0 Å². The van der Waals surface area contributed by atoms with Crippen molar-refractivity contribution in [1.82, 2.24) is 14.5 Å². The summed E-state index contributed by atoms with van der Waals surface area (Å²) in [6.07, 6.45) is 3.83. The van der Waals surface area contributed by atoms with E-state index in [-0.39, 0.29) is 17.6 Å². The summed E-state index contributed by atoms with van der Waals surface area (Å²) in [6.45, 7) is 6.42. The lowest BCUT2D eigenvalue weighted by atomic mass is 10.1. The number of benzene rings is 1. The number of para-hydroxylation sites is 1. The maximum Gasteiger partial charge on any atom is 0.321 e. The molecule has 3 rings (SSSR count). The van der Waals surface area contributed by atoms with Gasteiger partial charge in [-0.25, -0.2) is 14.2 Å². The molecule has 2 amide bonds. The van der Waals surface area contributed by atoms with Gasteiger partial charge in [-0.15, -0.1) is 0 Å². The van der Waals surface area contributed by atoms with Crippen molar-refractivity contribution in [3.05, 3.63) is 47.8 Å². The molecule has 0 saturated carbocycles. The molecule has 1 aliphatic heterocycles. The predicted molar refractivity (Wildman–Crippen MR) is 91.6 cm³/mol. The number of imidazole rings is 1. The summed E-state index contributed by atoms with van der Waals surface area (Å²) in [5, 5.41) is 2.65. The predicted octanol–water partition coefficient (Wildman–Crippen LogP) is 3.76. The van der Waals surface area contributed by atoms with Crippen molar-refractivity contribution in [3.8, 4) is 0 Å². The van der Waals surface area contributed by atoms with E-state index in [1.807, 2.05) is 6.20 Å². The van der Waals surface area contributed by atoms with E-state index in [1.54, 1.807) is 23.1 Å². The fourth-order valence-corrected chi connectivity index (χ4v) is 3.23. The third-order valence-corrected chi connectivity index (χ3v) is 4.49. The van der Waals surface area contributed by atoms with Crippen molar-refractivity contribution >= 4 is 11.7 Å². The normalized spacial score (nSPS) is 17.3. The molecule has 6 heteroatoms. The lowest BCUT2D eigenvalue weighted by Gasteiger charge is -2.18. The molecule has 128 valence electrons. The van der Waals surface area contributed by atoms with Crippen LogP contribution in [0.3, 0.4) is 0 Å². The first-order valence-corrected chi connectivity index (χ1v) is 8.42. The number of nitrogens with zero attached hydrogens (tertiary/aromatic N) is 3. The second-order valence-electron chi connectivity index (χ2n) is 6.25. The van der Waals surface area contributed by atoms with E-state index in [0.29, 0.717) is 13.1 Å². The highest BCUT2D eigenvalue weighted by molar-refractivity contribution is 5.89. The zero-order valence-corrected chi connectivity index (χ0v) is 14.1. The van der Waals surface area contributed by atoms with Crippen molar-refractivity contribution in [1.29, 1.82) is 0 Å². The molecular weight excluding hydrogens is 307 g/mol. The minimum absolute atomic E-state index is 0.217. The van der Waals surface area contributed by atoms with Crippen LogP contribution in [0.2, 0.25) is 0 Å². The molecule has 0 aliphatic carbocycles. The van der Waals surface area contributed by atoms with Crippen LogP contribution in [0.5, 0.6) is 0 Å². The summed E-state index contributed by atoms with van der Waals surface area (Å²) in [5.41, 5.74) is 1.37. The standard InChI is InChI=1S/C18H23FN4O/c1-3-9-23-13(2)11-20-17(23)14-8-10-22(12-14)18(24)21-16-7-5-4-6-15(16)19/h4-7,11,14H,3,8-10,12H2,1-2H3,(H,21,24). The van der Waals surface area contributed by atoms with Gasteiger partial charge < -0.3 is 14.8 Å². The van der Waals surface area contributed by atoms with E-state index < -0.39 is 5.82 Å². The lowest BCUT2D eigenvalue weighted by molar-refractivity contribution is 0.221. The van der Waals surface area contributed by atoms with Crippen LogP contribution in [0.25, 0.3) is 0 Å². The monoisotopic (exact) mass is 330 g/mol. The molecule has 1 aromatic heterocycles. The van der Waals surface area contributed by atoms with Crippen molar-refractivity contribution < 1.29 is 9.18 Å². The van der Waals surface area contributed by atoms with Gasteiger partial charge in [0.15, 0.2) is 0 Å². The van der Waals surface area contributed by atoms with Crippen LogP contribution >= 0.6 is 0 Å². The summed E-state index contributed by atoms with van der Waals surface area (Å²) in [5.74, 6) is 0.864. The molecule has 1 aliphatic rings. The van der Waals surface area contributed by atoms with E-state index in [4.69, 9.17) is 0 Å². The SMILES string of the molecule is CCCn1c(C)cnc1C1CCN(C(=O)Nc2ccccc2F)C1. The number of carbonyl (C=O) groups excluding carboxylic acids is 1. The van der Waals surface area contributed by atoms with Crippen LogP contribution < -0.4 is 5.32 Å². The molecule has 2 heterocycles. The number of aromatic nitrogens is 2. The van der Waals surface area contributed by atoms with Gasteiger partial charge >= 0.3 is 6.03 Å². The van der Waals surface area contributed by atoms with Crippen molar-refractivity contribution in [2.24, 2.45) is 0 Å². The van der Waals surface area contributed by atoms with Gasteiger partial charge in [0.05, 0.1) is 5.69 Å². The molecule has 0 bridgehead atoms. The van der Waals surface area contributed by atoms with Crippen LogP contribution in [0.1, 0.15) is 37.2 Å². The molecule has 1 N–H and O–H groups in total. The third kappa shape index (κ3) is 3.27. The summed E-state index contributed by atoms with van der Waals surface area (Å²) < 4.78 is 15.9. The molecule has 2 aromatic rings. The number of aryl methyl sites for hydroxylation is 1. The Morgan fingerprint density at radius 3 is 2.96 bits per heavy atom. The van der Waals surface area contributed by atoms with Gasteiger partial charge in [0.25, 0.3) is 0 Å². The van der Waals surface area contributed by atoms with E-state index in [2.05, 4.69) is 28.7 Å². The first kappa shape index (κ1) is 16.5. The number of carbonyl (C=O) groups is 1. The largest absolute Gasteiger partial charge is 0.332 e. The minimum atomic E-state index is -0.421. The number of likely N-dealkylation sites (tertiary alicyclic amines) is 1. The van der Waals surface area contributed by atoms with Crippen LogP contribution in [0.15, 0.2) is 30.5 Å². The zero-order chi connectivity index (χ0) is 17.1. The topological polar surface area (TPSA) is 50.2 Å². The molecule has 1 aromatic carbocycles. The van der Waals surface area contributed by atoms with Gasteiger partial charge in [-0.05, 0) is 31.9 Å². The molecule has 1 atom stereocenters. The Morgan fingerprint density at radius 2 is 2.21 bits per heavy atom. The number of anilines is 1. The average molecular weight is 330 g/mol. The zero-order valence-electron chi connectivity index (χ0n) is 14.1. The highest BCUT2D eigenvalue weighted by Gasteiger charge is 2.30.